The van der Waals surface area contributed by atoms with Crippen LogP contribution in [0.5, 0.6) is 0 Å². The van der Waals surface area contributed by atoms with Crippen molar-refractivity contribution in [1.29, 1.82) is 0 Å². The maximum Gasteiger partial charge on any atom is 0.242 e. The molecule has 23 heavy (non-hydrogen) atoms. The van der Waals surface area contributed by atoms with E-state index in [1.165, 1.54) is 0 Å². The van der Waals surface area contributed by atoms with Crippen LogP contribution in [0.1, 0.15) is 5.82 Å². The molecule has 0 saturated carbocycles. The topological polar surface area (TPSA) is 84.3 Å². The van der Waals surface area contributed by atoms with Gasteiger partial charge in [0, 0.05) is 26.4 Å². The molecule has 1 aromatic carbocycles. The minimum absolute atomic E-state index is 0.0750. The molecule has 1 aromatic heterocycles. The number of rotatable bonds is 7. The number of hydrogen-bond donors (Lipinski definition) is 1. The minimum atomic E-state index is -3.24. The standard InChI is InChI=1S/C15H22N4O3S/c1-16-8-9-18(2)15(20)10-19-13-7-5-4-6-12(13)17-14(19)11-23(3,21)22/h4-7,16H,8-11H2,1-3H3. The van der Waals surface area contributed by atoms with Gasteiger partial charge in [0.15, 0.2) is 9.84 Å². The van der Waals surface area contributed by atoms with E-state index in [1.807, 2.05) is 31.3 Å². The van der Waals surface area contributed by atoms with Gasteiger partial charge in [0.2, 0.25) is 5.91 Å². The third-order valence-electron chi connectivity index (χ3n) is 3.54. The number of amides is 1. The van der Waals surface area contributed by atoms with Crippen molar-refractivity contribution < 1.29 is 13.2 Å². The fourth-order valence-corrected chi connectivity index (χ4v) is 3.00. The third kappa shape index (κ3) is 4.52. The molecule has 0 aliphatic carbocycles. The van der Waals surface area contributed by atoms with Crippen molar-refractivity contribution in [2.24, 2.45) is 0 Å². The molecule has 1 amide bonds. The van der Waals surface area contributed by atoms with Gasteiger partial charge < -0.3 is 14.8 Å². The average molecular weight is 338 g/mol. The van der Waals surface area contributed by atoms with E-state index < -0.39 is 9.84 Å². The summed E-state index contributed by atoms with van der Waals surface area (Å²) in [6.45, 7) is 1.36. The quantitative estimate of drug-likeness (QED) is 0.783. The second-order valence-electron chi connectivity index (χ2n) is 5.59. The summed E-state index contributed by atoms with van der Waals surface area (Å²) in [6, 6.07) is 7.34. The van der Waals surface area contributed by atoms with Crippen LogP contribution >= 0.6 is 0 Å². The van der Waals surface area contributed by atoms with Gasteiger partial charge in [-0.25, -0.2) is 13.4 Å². The van der Waals surface area contributed by atoms with E-state index in [0.717, 1.165) is 11.8 Å². The van der Waals surface area contributed by atoms with Crippen LogP contribution in [0.4, 0.5) is 0 Å². The van der Waals surface area contributed by atoms with Crippen molar-refractivity contribution in [3.8, 4) is 0 Å². The predicted octanol–water partition coefficient (Wildman–Crippen LogP) is 0.259. The van der Waals surface area contributed by atoms with Gasteiger partial charge in [0.05, 0.1) is 11.0 Å². The summed E-state index contributed by atoms with van der Waals surface area (Å²) in [7, 11) is 0.321. The Morgan fingerprint density at radius 1 is 1.35 bits per heavy atom. The number of para-hydroxylation sites is 2. The van der Waals surface area contributed by atoms with Gasteiger partial charge in [-0.15, -0.1) is 0 Å². The van der Waals surface area contributed by atoms with Crippen LogP contribution in [0.15, 0.2) is 24.3 Å². The fraction of sp³-hybridized carbons (Fsp3) is 0.467. The summed E-state index contributed by atoms with van der Waals surface area (Å²) in [5.74, 6) is 0.122. The lowest BCUT2D eigenvalue weighted by Gasteiger charge is -2.18. The van der Waals surface area contributed by atoms with Crippen LogP contribution in [-0.4, -0.2) is 62.2 Å². The highest BCUT2D eigenvalue weighted by Gasteiger charge is 2.18. The fourth-order valence-electron chi connectivity index (χ4n) is 2.31. The Morgan fingerprint density at radius 3 is 2.70 bits per heavy atom. The number of hydrogen-bond acceptors (Lipinski definition) is 5. The Bertz CT molecular complexity index is 798. The molecule has 0 saturated heterocycles. The second kappa shape index (κ2) is 7.10. The van der Waals surface area contributed by atoms with Crippen LogP contribution < -0.4 is 5.32 Å². The summed E-state index contributed by atoms with van der Waals surface area (Å²) >= 11 is 0. The Labute approximate surface area is 136 Å². The van der Waals surface area contributed by atoms with Crippen LogP contribution in [0, 0.1) is 0 Å². The van der Waals surface area contributed by atoms with E-state index in [2.05, 4.69) is 10.3 Å². The van der Waals surface area contributed by atoms with Gasteiger partial charge in [0.25, 0.3) is 0 Å². The lowest BCUT2D eigenvalue weighted by molar-refractivity contribution is -0.130. The Balaban J connectivity index is 2.33. The first-order valence-corrected chi connectivity index (χ1v) is 9.38. The summed E-state index contributed by atoms with van der Waals surface area (Å²) in [5, 5.41) is 2.99. The number of aromatic nitrogens is 2. The maximum absolute atomic E-state index is 12.4. The van der Waals surface area contributed by atoms with E-state index in [4.69, 9.17) is 0 Å². The lowest BCUT2D eigenvalue weighted by Crippen LogP contribution is -2.35. The number of benzene rings is 1. The van der Waals surface area contributed by atoms with Gasteiger partial charge >= 0.3 is 0 Å². The third-order valence-corrected chi connectivity index (χ3v) is 4.32. The van der Waals surface area contributed by atoms with Crippen LogP contribution in [-0.2, 0) is 26.9 Å². The zero-order chi connectivity index (χ0) is 17.0. The monoisotopic (exact) mass is 338 g/mol. The first-order valence-electron chi connectivity index (χ1n) is 7.32. The zero-order valence-corrected chi connectivity index (χ0v) is 14.4. The smallest absolute Gasteiger partial charge is 0.242 e. The van der Waals surface area contributed by atoms with Crippen LogP contribution in [0.3, 0.4) is 0 Å². The Kier molecular flexibility index (Phi) is 5.38. The predicted molar refractivity (Wildman–Crippen MR) is 89.8 cm³/mol. The molecular formula is C15H22N4O3S. The van der Waals surface area contributed by atoms with E-state index in [-0.39, 0.29) is 18.2 Å². The number of imidazole rings is 1. The average Bonchev–Trinajstić information content (AvgIpc) is 2.80. The van der Waals surface area contributed by atoms with Gasteiger partial charge in [-0.05, 0) is 19.2 Å². The van der Waals surface area contributed by atoms with Gasteiger partial charge in [-0.1, -0.05) is 12.1 Å². The highest BCUT2D eigenvalue weighted by atomic mass is 32.2. The first kappa shape index (κ1) is 17.4. The number of carbonyl (C=O) groups excluding carboxylic acids is 1. The summed E-state index contributed by atoms with van der Waals surface area (Å²) < 4.78 is 25.0. The Hall–Kier alpha value is -1.93. The highest BCUT2D eigenvalue weighted by molar-refractivity contribution is 7.89. The first-order chi connectivity index (χ1) is 10.8. The molecular weight excluding hydrogens is 316 g/mol. The number of nitrogens with zero attached hydrogens (tertiary/aromatic N) is 3. The number of fused-ring (bicyclic) bond motifs is 1. The SMILES string of the molecule is CNCCN(C)C(=O)Cn1c(CS(C)(=O)=O)nc2ccccc21. The van der Waals surface area contributed by atoms with Crippen molar-refractivity contribution in [2.75, 3.05) is 33.4 Å². The molecule has 0 unspecified atom stereocenters. The molecule has 2 aromatic rings. The lowest BCUT2D eigenvalue weighted by atomic mass is 10.3. The van der Waals surface area contributed by atoms with E-state index in [9.17, 15) is 13.2 Å². The van der Waals surface area contributed by atoms with Crippen LogP contribution in [0.2, 0.25) is 0 Å². The molecule has 126 valence electrons. The van der Waals surface area contributed by atoms with E-state index >= 15 is 0 Å². The molecule has 0 fully saturated rings. The van der Waals surface area contributed by atoms with E-state index in [0.29, 0.717) is 24.4 Å². The Morgan fingerprint density at radius 2 is 2.04 bits per heavy atom. The number of likely N-dealkylation sites (N-methyl/N-ethyl adjacent to an activating group) is 2. The molecule has 7 nitrogen and oxygen atoms in total. The molecule has 0 spiro atoms. The summed E-state index contributed by atoms with van der Waals surface area (Å²) in [4.78, 5) is 18.4. The van der Waals surface area contributed by atoms with Crippen molar-refractivity contribution in [3.63, 3.8) is 0 Å². The van der Waals surface area contributed by atoms with Crippen molar-refractivity contribution in [3.05, 3.63) is 30.1 Å². The second-order valence-corrected chi connectivity index (χ2v) is 7.73. The van der Waals surface area contributed by atoms with Crippen molar-refractivity contribution >= 4 is 26.8 Å². The molecule has 0 atom stereocenters. The van der Waals surface area contributed by atoms with Gasteiger partial charge in [0.1, 0.15) is 18.1 Å². The molecule has 1 heterocycles. The molecule has 0 aliphatic heterocycles. The number of carbonyl (C=O) groups is 1. The normalized spacial score (nSPS) is 11.8. The van der Waals surface area contributed by atoms with Crippen molar-refractivity contribution in [2.45, 2.75) is 12.3 Å². The van der Waals surface area contributed by atoms with Crippen LogP contribution in [0.25, 0.3) is 11.0 Å². The summed E-state index contributed by atoms with van der Waals surface area (Å²) in [6.07, 6.45) is 1.16. The summed E-state index contributed by atoms with van der Waals surface area (Å²) in [5.41, 5.74) is 1.46. The molecule has 0 aliphatic rings. The molecule has 2 rings (SSSR count). The maximum atomic E-state index is 12.4. The molecule has 0 bridgehead atoms. The highest BCUT2D eigenvalue weighted by Crippen LogP contribution is 2.18. The largest absolute Gasteiger partial charge is 0.343 e. The van der Waals surface area contributed by atoms with Gasteiger partial charge in [-0.2, -0.15) is 0 Å². The zero-order valence-electron chi connectivity index (χ0n) is 13.6. The molecule has 0 radical (unpaired) electrons. The number of nitrogens with one attached hydrogen (secondary N) is 1. The molecule has 8 heteroatoms. The molecule has 1 N–H and O–H groups in total. The van der Waals surface area contributed by atoms with Crippen molar-refractivity contribution in [1.82, 2.24) is 19.8 Å². The number of sulfone groups is 1. The van der Waals surface area contributed by atoms with E-state index in [1.54, 1.807) is 16.5 Å². The van der Waals surface area contributed by atoms with Gasteiger partial charge in [-0.3, -0.25) is 4.79 Å². The minimum Gasteiger partial charge on any atom is -0.343 e.